The first-order valence-corrected chi connectivity index (χ1v) is 5.51. The van der Waals surface area contributed by atoms with Crippen LogP contribution < -0.4 is 0 Å². The van der Waals surface area contributed by atoms with Gasteiger partial charge in [0.25, 0.3) is 0 Å². The average molecular weight is 168 g/mol. The van der Waals surface area contributed by atoms with Crippen molar-refractivity contribution in [3.8, 4) is 0 Å². The molecule has 0 radical (unpaired) electrons. The van der Waals surface area contributed by atoms with Gasteiger partial charge in [0, 0.05) is 0 Å². The SMILES string of the molecule is CC(C)C1CCCC(C)(C)CC1. The highest BCUT2D eigenvalue weighted by Crippen LogP contribution is 2.38. The summed E-state index contributed by atoms with van der Waals surface area (Å²) in [5.41, 5.74) is 0.629. The van der Waals surface area contributed by atoms with Gasteiger partial charge in [0.05, 0.1) is 0 Å². The average Bonchev–Trinajstić information content (AvgIpc) is 2.10. The summed E-state index contributed by atoms with van der Waals surface area (Å²) < 4.78 is 0. The minimum atomic E-state index is 0.629. The van der Waals surface area contributed by atoms with E-state index in [2.05, 4.69) is 27.7 Å². The van der Waals surface area contributed by atoms with Crippen molar-refractivity contribution in [3.63, 3.8) is 0 Å². The van der Waals surface area contributed by atoms with Crippen LogP contribution in [0.5, 0.6) is 0 Å². The minimum absolute atomic E-state index is 0.629. The van der Waals surface area contributed by atoms with Crippen LogP contribution in [0.4, 0.5) is 0 Å². The first-order chi connectivity index (χ1) is 5.51. The molecular formula is C12H24. The summed E-state index contributed by atoms with van der Waals surface area (Å²) in [6, 6.07) is 0. The fourth-order valence-electron chi connectivity index (χ4n) is 2.35. The Bertz CT molecular complexity index is 133. The zero-order valence-corrected chi connectivity index (χ0v) is 9.19. The van der Waals surface area contributed by atoms with Crippen LogP contribution in [0.3, 0.4) is 0 Å². The predicted molar refractivity (Wildman–Crippen MR) is 55.2 cm³/mol. The van der Waals surface area contributed by atoms with Gasteiger partial charge in [-0.25, -0.2) is 0 Å². The van der Waals surface area contributed by atoms with Gasteiger partial charge in [-0.15, -0.1) is 0 Å². The number of hydrogen-bond donors (Lipinski definition) is 0. The van der Waals surface area contributed by atoms with E-state index in [0.717, 1.165) is 11.8 Å². The van der Waals surface area contributed by atoms with Gasteiger partial charge in [0.2, 0.25) is 0 Å². The number of rotatable bonds is 1. The van der Waals surface area contributed by atoms with Gasteiger partial charge >= 0.3 is 0 Å². The molecule has 0 saturated heterocycles. The van der Waals surface area contributed by atoms with E-state index in [1.165, 1.54) is 32.1 Å². The number of hydrogen-bond acceptors (Lipinski definition) is 0. The van der Waals surface area contributed by atoms with Crippen molar-refractivity contribution in [1.29, 1.82) is 0 Å². The van der Waals surface area contributed by atoms with Crippen LogP contribution in [0.2, 0.25) is 0 Å². The molecule has 1 rings (SSSR count). The third-order valence-electron chi connectivity index (χ3n) is 3.56. The van der Waals surface area contributed by atoms with Crippen LogP contribution in [-0.2, 0) is 0 Å². The molecular weight excluding hydrogens is 144 g/mol. The Hall–Kier alpha value is 0. The molecule has 0 aliphatic heterocycles. The summed E-state index contributed by atoms with van der Waals surface area (Å²) in [7, 11) is 0. The second kappa shape index (κ2) is 3.81. The molecule has 12 heavy (non-hydrogen) atoms. The maximum absolute atomic E-state index is 2.43. The van der Waals surface area contributed by atoms with Crippen LogP contribution in [0.1, 0.15) is 59.8 Å². The molecule has 1 fully saturated rings. The van der Waals surface area contributed by atoms with Crippen LogP contribution in [0, 0.1) is 17.3 Å². The zero-order chi connectivity index (χ0) is 9.19. The molecule has 0 amide bonds. The van der Waals surface area contributed by atoms with Crippen molar-refractivity contribution < 1.29 is 0 Å². The van der Waals surface area contributed by atoms with Gasteiger partial charge < -0.3 is 0 Å². The standard InChI is InChI=1S/C12H24/c1-10(2)11-6-5-8-12(3,4)9-7-11/h10-11H,5-9H2,1-4H3. The molecule has 0 N–H and O–H groups in total. The molecule has 0 aromatic heterocycles. The van der Waals surface area contributed by atoms with E-state index in [1.807, 2.05) is 0 Å². The van der Waals surface area contributed by atoms with Gasteiger partial charge in [0.15, 0.2) is 0 Å². The van der Waals surface area contributed by atoms with E-state index in [0.29, 0.717) is 5.41 Å². The molecule has 1 unspecified atom stereocenters. The Labute approximate surface area is 77.7 Å². The van der Waals surface area contributed by atoms with Crippen molar-refractivity contribution >= 4 is 0 Å². The molecule has 0 aromatic carbocycles. The lowest BCUT2D eigenvalue weighted by Crippen LogP contribution is -2.10. The summed E-state index contributed by atoms with van der Waals surface area (Å²) >= 11 is 0. The Kier molecular flexibility index (Phi) is 3.20. The summed E-state index contributed by atoms with van der Waals surface area (Å²) in [4.78, 5) is 0. The fourth-order valence-corrected chi connectivity index (χ4v) is 2.35. The minimum Gasteiger partial charge on any atom is -0.0625 e. The lowest BCUT2D eigenvalue weighted by atomic mass is 9.83. The van der Waals surface area contributed by atoms with Crippen LogP contribution >= 0.6 is 0 Å². The van der Waals surface area contributed by atoms with Crippen LogP contribution in [0.25, 0.3) is 0 Å². The maximum atomic E-state index is 2.43. The summed E-state index contributed by atoms with van der Waals surface area (Å²) in [6.45, 7) is 9.61. The second-order valence-corrected chi connectivity index (χ2v) is 5.60. The molecule has 0 heteroatoms. The first kappa shape index (κ1) is 10.1. The summed E-state index contributed by atoms with van der Waals surface area (Å²) in [5, 5.41) is 0. The monoisotopic (exact) mass is 168 g/mol. The fraction of sp³-hybridized carbons (Fsp3) is 1.00. The molecule has 1 saturated carbocycles. The van der Waals surface area contributed by atoms with Gasteiger partial charge in [-0.05, 0) is 36.5 Å². The van der Waals surface area contributed by atoms with Gasteiger partial charge in [-0.1, -0.05) is 40.5 Å². The first-order valence-electron chi connectivity index (χ1n) is 5.51. The van der Waals surface area contributed by atoms with E-state index in [-0.39, 0.29) is 0 Å². The van der Waals surface area contributed by atoms with E-state index < -0.39 is 0 Å². The predicted octanol–water partition coefficient (Wildman–Crippen LogP) is 4.25. The van der Waals surface area contributed by atoms with Crippen LogP contribution in [-0.4, -0.2) is 0 Å². The van der Waals surface area contributed by atoms with Crippen molar-refractivity contribution in [2.45, 2.75) is 59.8 Å². The molecule has 1 aliphatic rings. The van der Waals surface area contributed by atoms with Crippen molar-refractivity contribution in [1.82, 2.24) is 0 Å². The smallest absolute Gasteiger partial charge is 0.0354 e. The van der Waals surface area contributed by atoms with E-state index in [9.17, 15) is 0 Å². The Morgan fingerprint density at radius 3 is 2.33 bits per heavy atom. The third kappa shape index (κ3) is 2.80. The van der Waals surface area contributed by atoms with Crippen molar-refractivity contribution in [3.05, 3.63) is 0 Å². The van der Waals surface area contributed by atoms with Gasteiger partial charge in [-0.2, -0.15) is 0 Å². The van der Waals surface area contributed by atoms with Gasteiger partial charge in [0.1, 0.15) is 0 Å². The van der Waals surface area contributed by atoms with Crippen LogP contribution in [0.15, 0.2) is 0 Å². The highest BCUT2D eigenvalue weighted by molar-refractivity contribution is 4.77. The topological polar surface area (TPSA) is 0 Å². The highest BCUT2D eigenvalue weighted by Gasteiger charge is 2.25. The highest BCUT2D eigenvalue weighted by atomic mass is 14.3. The maximum Gasteiger partial charge on any atom is -0.0354 e. The molecule has 0 heterocycles. The van der Waals surface area contributed by atoms with Crippen molar-refractivity contribution in [2.24, 2.45) is 17.3 Å². The largest absolute Gasteiger partial charge is 0.0625 e. The third-order valence-corrected chi connectivity index (χ3v) is 3.56. The summed E-state index contributed by atoms with van der Waals surface area (Å²) in [5.74, 6) is 1.91. The molecule has 1 aliphatic carbocycles. The normalized spacial score (nSPS) is 30.2. The summed E-state index contributed by atoms with van der Waals surface area (Å²) in [6.07, 6.45) is 7.27. The second-order valence-electron chi connectivity index (χ2n) is 5.60. The van der Waals surface area contributed by atoms with Crippen molar-refractivity contribution in [2.75, 3.05) is 0 Å². The lowest BCUT2D eigenvalue weighted by molar-refractivity contribution is 0.291. The Balaban J connectivity index is 2.45. The van der Waals surface area contributed by atoms with E-state index in [1.54, 1.807) is 0 Å². The Morgan fingerprint density at radius 1 is 1.08 bits per heavy atom. The quantitative estimate of drug-likeness (QED) is 0.513. The Morgan fingerprint density at radius 2 is 1.75 bits per heavy atom. The van der Waals surface area contributed by atoms with Gasteiger partial charge in [-0.3, -0.25) is 0 Å². The molecule has 0 bridgehead atoms. The molecule has 0 spiro atoms. The molecule has 72 valence electrons. The molecule has 1 atom stereocenters. The van der Waals surface area contributed by atoms with E-state index >= 15 is 0 Å². The van der Waals surface area contributed by atoms with E-state index in [4.69, 9.17) is 0 Å². The zero-order valence-electron chi connectivity index (χ0n) is 9.19. The molecule has 0 nitrogen and oxygen atoms in total. The molecule has 0 aromatic rings. The lowest BCUT2D eigenvalue weighted by Gasteiger charge is -2.22.